The minimum atomic E-state index is -3.89. The number of aromatic nitrogens is 1. The van der Waals surface area contributed by atoms with Gasteiger partial charge in [-0.15, -0.1) is 11.3 Å². The zero-order valence-electron chi connectivity index (χ0n) is 31.7. The van der Waals surface area contributed by atoms with E-state index >= 15 is 0 Å². The van der Waals surface area contributed by atoms with Crippen molar-refractivity contribution in [3.63, 3.8) is 0 Å². The van der Waals surface area contributed by atoms with Crippen molar-refractivity contribution in [3.05, 3.63) is 46.8 Å². The van der Waals surface area contributed by atoms with E-state index in [-0.39, 0.29) is 49.6 Å². The van der Waals surface area contributed by atoms with Crippen molar-refractivity contribution in [1.29, 1.82) is 0 Å². The molecule has 0 radical (unpaired) electrons. The quantitative estimate of drug-likeness (QED) is 0.379. The summed E-state index contributed by atoms with van der Waals surface area (Å²) in [5.41, 5.74) is 0.0169. The van der Waals surface area contributed by atoms with Crippen LogP contribution in [0.4, 0.5) is 0 Å². The van der Waals surface area contributed by atoms with Crippen molar-refractivity contribution in [2.45, 2.75) is 87.5 Å². The largest absolute Gasteiger partial charge is 0.497 e. The van der Waals surface area contributed by atoms with Gasteiger partial charge in [-0.3, -0.25) is 28.7 Å². The van der Waals surface area contributed by atoms with Crippen LogP contribution in [-0.2, 0) is 29.2 Å². The number of sulfonamides is 1. The number of fused-ring (bicyclic) bond motifs is 4. The van der Waals surface area contributed by atoms with Gasteiger partial charge in [-0.25, -0.2) is 13.4 Å². The number of carbonyl (C=O) groups excluding carboxylic acids is 5. The van der Waals surface area contributed by atoms with Gasteiger partial charge < -0.3 is 24.8 Å². The fourth-order valence-electron chi connectivity index (χ4n) is 9.08. The van der Waals surface area contributed by atoms with Crippen LogP contribution in [0.2, 0.25) is 0 Å². The van der Waals surface area contributed by atoms with E-state index in [0.717, 1.165) is 44.1 Å². The molecule has 6 aliphatic rings. The van der Waals surface area contributed by atoms with E-state index in [2.05, 4.69) is 15.0 Å². The Morgan fingerprint density at radius 2 is 1.75 bits per heavy atom. The SMILES string of the molecule is COc1ccc(-c2csc(C(=O)N3C[C@H]4CN5C(=O)[C@@H](CC(=O)N6CCCC6)CCCCC/C=C\[C@@H]6C[C@@]6(C(=O)NS(=O)(=O)C6CC6)NC(=O)[C@@H]5[C@H]4C3)n2)cc1. The second-order valence-corrected chi connectivity index (χ2v) is 19.2. The van der Waals surface area contributed by atoms with Crippen molar-refractivity contribution < 1.29 is 37.1 Å². The number of amides is 5. The molecule has 2 aromatic rings. The van der Waals surface area contributed by atoms with Crippen molar-refractivity contribution in [1.82, 2.24) is 29.7 Å². The van der Waals surface area contributed by atoms with Crippen LogP contribution in [0.15, 0.2) is 41.8 Å². The number of ether oxygens (including phenoxy) is 1. The fourth-order valence-corrected chi connectivity index (χ4v) is 11.2. The predicted octanol–water partition coefficient (Wildman–Crippen LogP) is 3.35. The number of thiazole rings is 1. The predicted molar refractivity (Wildman–Crippen MR) is 208 cm³/mol. The number of methoxy groups -OCH3 is 1. The maximum atomic E-state index is 14.7. The molecule has 3 saturated heterocycles. The first-order valence-corrected chi connectivity index (χ1v) is 22.4. The van der Waals surface area contributed by atoms with E-state index in [1.54, 1.807) is 16.9 Å². The summed E-state index contributed by atoms with van der Waals surface area (Å²) in [4.78, 5) is 80.4. The van der Waals surface area contributed by atoms with Gasteiger partial charge in [0.05, 0.1) is 18.1 Å². The Morgan fingerprint density at radius 1 is 0.982 bits per heavy atom. The van der Waals surface area contributed by atoms with E-state index in [9.17, 15) is 32.4 Å². The highest BCUT2D eigenvalue weighted by Crippen LogP contribution is 2.47. The molecule has 1 aromatic heterocycles. The Kier molecular flexibility index (Phi) is 10.7. The highest BCUT2D eigenvalue weighted by molar-refractivity contribution is 7.91. The first-order chi connectivity index (χ1) is 27.0. The molecule has 2 aliphatic carbocycles. The third-order valence-corrected chi connectivity index (χ3v) is 15.2. The van der Waals surface area contributed by atoms with Crippen molar-refractivity contribution >= 4 is 50.9 Å². The molecule has 5 amide bonds. The van der Waals surface area contributed by atoms with Gasteiger partial charge in [0, 0.05) is 73.8 Å². The lowest BCUT2D eigenvalue weighted by molar-refractivity contribution is -0.146. The molecule has 4 aliphatic heterocycles. The van der Waals surface area contributed by atoms with Gasteiger partial charge in [-0.1, -0.05) is 25.0 Å². The molecule has 1 aromatic carbocycles. The first kappa shape index (κ1) is 38.6. The molecule has 14 nitrogen and oxygen atoms in total. The van der Waals surface area contributed by atoms with E-state index < -0.39 is 56.4 Å². The van der Waals surface area contributed by atoms with Gasteiger partial charge in [-0.05, 0) is 75.6 Å². The number of allylic oxidation sites excluding steroid dienone is 1. The molecule has 0 bridgehead atoms. The normalized spacial score (nSPS) is 30.0. The summed E-state index contributed by atoms with van der Waals surface area (Å²) < 4.78 is 33.4. The lowest BCUT2D eigenvalue weighted by Crippen LogP contribution is -2.58. The number of nitrogens with one attached hydrogen (secondary N) is 2. The van der Waals surface area contributed by atoms with Gasteiger partial charge in [0.1, 0.15) is 17.3 Å². The molecule has 56 heavy (non-hydrogen) atoms. The second kappa shape index (κ2) is 15.6. The molecule has 0 unspecified atom stereocenters. The lowest BCUT2D eigenvalue weighted by atomic mass is 9.92. The average molecular weight is 807 g/mol. The molecule has 2 N–H and O–H groups in total. The van der Waals surface area contributed by atoms with Crippen molar-refractivity contribution in [2.24, 2.45) is 23.7 Å². The number of hydrogen-bond donors (Lipinski definition) is 2. The molecule has 0 spiro atoms. The summed E-state index contributed by atoms with van der Waals surface area (Å²) in [6.45, 7) is 2.07. The average Bonchev–Trinajstić information content (AvgIpc) is 3.82. The van der Waals surface area contributed by atoms with Crippen LogP contribution in [0.5, 0.6) is 5.75 Å². The van der Waals surface area contributed by atoms with Crippen LogP contribution in [0, 0.1) is 23.7 Å². The maximum Gasteiger partial charge on any atom is 0.282 e. The van der Waals surface area contributed by atoms with Gasteiger partial charge >= 0.3 is 0 Å². The Balaban J connectivity index is 1.06. The Labute approximate surface area is 331 Å². The molecular weight excluding hydrogens is 757 g/mol. The molecule has 300 valence electrons. The van der Waals surface area contributed by atoms with E-state index in [1.165, 1.54) is 11.3 Å². The van der Waals surface area contributed by atoms with Crippen molar-refractivity contribution in [2.75, 3.05) is 39.8 Å². The Bertz CT molecular complexity index is 2010. The summed E-state index contributed by atoms with van der Waals surface area (Å²) in [5, 5.41) is 4.50. The number of rotatable bonds is 8. The van der Waals surface area contributed by atoms with E-state index in [1.807, 2.05) is 46.7 Å². The molecule has 8 rings (SSSR count). The van der Waals surface area contributed by atoms with Crippen LogP contribution in [0.3, 0.4) is 0 Å². The number of hydrogen-bond acceptors (Lipinski definition) is 10. The van der Waals surface area contributed by atoms with Crippen LogP contribution < -0.4 is 14.8 Å². The lowest BCUT2D eigenvalue weighted by Gasteiger charge is -2.33. The first-order valence-electron chi connectivity index (χ1n) is 20.0. The summed E-state index contributed by atoms with van der Waals surface area (Å²) >= 11 is 1.24. The van der Waals surface area contributed by atoms with E-state index in [0.29, 0.717) is 55.3 Å². The highest BCUT2D eigenvalue weighted by atomic mass is 32.2. The molecule has 5 heterocycles. The third kappa shape index (κ3) is 7.70. The summed E-state index contributed by atoms with van der Waals surface area (Å²) in [5.74, 6) is -2.89. The third-order valence-electron chi connectivity index (χ3n) is 12.6. The summed E-state index contributed by atoms with van der Waals surface area (Å²) in [6, 6.07) is 6.39. The van der Waals surface area contributed by atoms with Crippen LogP contribution in [-0.4, -0.2) is 114 Å². The molecular formula is C40H50N6O8S2. The molecule has 16 heteroatoms. The molecule has 2 saturated carbocycles. The number of nitrogens with zero attached hydrogens (tertiary/aromatic N) is 4. The van der Waals surface area contributed by atoms with Gasteiger partial charge in [0.25, 0.3) is 11.8 Å². The zero-order valence-corrected chi connectivity index (χ0v) is 33.3. The van der Waals surface area contributed by atoms with Gasteiger partial charge in [0.15, 0.2) is 5.01 Å². The van der Waals surface area contributed by atoms with Gasteiger partial charge in [0.2, 0.25) is 27.7 Å². The monoisotopic (exact) mass is 806 g/mol. The van der Waals surface area contributed by atoms with Crippen molar-refractivity contribution in [3.8, 4) is 17.0 Å². The number of likely N-dealkylation sites (tertiary alicyclic amines) is 2. The van der Waals surface area contributed by atoms with E-state index in [4.69, 9.17) is 4.74 Å². The Hall–Kier alpha value is -4.31. The summed E-state index contributed by atoms with van der Waals surface area (Å²) in [7, 11) is -2.30. The second-order valence-electron chi connectivity index (χ2n) is 16.3. The topological polar surface area (TPSA) is 175 Å². The van der Waals surface area contributed by atoms with Gasteiger partial charge in [-0.2, -0.15) is 0 Å². The van der Waals surface area contributed by atoms with Crippen LogP contribution in [0.25, 0.3) is 11.3 Å². The maximum absolute atomic E-state index is 14.7. The minimum Gasteiger partial charge on any atom is -0.497 e. The van der Waals surface area contributed by atoms with Crippen LogP contribution in [0.1, 0.15) is 80.4 Å². The number of benzene rings is 1. The molecule has 5 fully saturated rings. The standard InChI is InChI=1S/C40H50N6O8S2/c1-54-29-13-11-25(12-14-29)32-24-55-36(41-32)38(50)45-21-27-22-46-34(31(27)23-45)35(48)42-40(39(51)43-56(52,53)30-15-16-30)20-28(40)10-6-4-2-3-5-9-26(37(46)49)19-33(47)44-17-7-8-18-44/h6,10-14,24,26-28,30-31,34H,2-5,7-9,15-23H2,1H3,(H,42,48)(H,43,51)/b10-6-/t26-,27+,28-,31+,34+,40-/m1/s1. The highest BCUT2D eigenvalue weighted by Gasteiger charge is 2.63. The molecule has 6 atom stereocenters. The minimum absolute atomic E-state index is 0.0513. The number of carbonyl (C=O) groups is 5. The smallest absolute Gasteiger partial charge is 0.282 e. The summed E-state index contributed by atoms with van der Waals surface area (Å²) in [6.07, 6.45) is 10.7. The van der Waals surface area contributed by atoms with Crippen LogP contribution >= 0.6 is 11.3 Å². The fraction of sp³-hybridized carbons (Fsp3) is 0.600. The Morgan fingerprint density at radius 3 is 2.48 bits per heavy atom. The zero-order chi connectivity index (χ0) is 39.2.